The Labute approximate surface area is 139 Å². The summed E-state index contributed by atoms with van der Waals surface area (Å²) in [5, 5.41) is 2.98. The number of aromatic nitrogens is 1. The number of hydrogen-bond acceptors (Lipinski definition) is 5. The summed E-state index contributed by atoms with van der Waals surface area (Å²) in [6.07, 6.45) is 2.38. The molecule has 0 aromatic carbocycles. The first-order valence-electron chi connectivity index (χ1n) is 6.90. The van der Waals surface area contributed by atoms with Crippen LogP contribution in [0.5, 0.6) is 0 Å². The molecule has 0 amide bonds. The van der Waals surface area contributed by atoms with Gasteiger partial charge in [-0.3, -0.25) is 0 Å². The largest absolute Gasteiger partial charge is 0.369 e. The van der Waals surface area contributed by atoms with Crippen LogP contribution in [0.1, 0.15) is 27.2 Å². The average molecular weight is 396 g/mol. The van der Waals surface area contributed by atoms with E-state index in [0.29, 0.717) is 16.8 Å². The van der Waals surface area contributed by atoms with Crippen LogP contribution in [0.15, 0.2) is 21.6 Å². The number of nitrogens with zero attached hydrogens (tertiary/aromatic N) is 1. The molecule has 0 spiro atoms. The average Bonchev–Trinajstić information content (AvgIpc) is 2.40. The summed E-state index contributed by atoms with van der Waals surface area (Å²) < 4.78 is 28.4. The lowest BCUT2D eigenvalue weighted by Gasteiger charge is -2.16. The molecule has 0 aliphatic carbocycles. The van der Waals surface area contributed by atoms with E-state index in [1.54, 1.807) is 24.0 Å². The molecule has 1 atom stereocenters. The summed E-state index contributed by atoms with van der Waals surface area (Å²) in [6.45, 7) is 6.49. The predicted molar refractivity (Wildman–Crippen MR) is 93.5 cm³/mol. The van der Waals surface area contributed by atoms with Crippen molar-refractivity contribution in [2.24, 2.45) is 0 Å². The van der Waals surface area contributed by atoms with Crippen molar-refractivity contribution in [3.05, 3.63) is 16.7 Å². The topological polar surface area (TPSA) is 71.1 Å². The minimum absolute atomic E-state index is 0.109. The summed E-state index contributed by atoms with van der Waals surface area (Å²) in [7, 11) is -3.59. The first-order chi connectivity index (χ1) is 9.90. The van der Waals surface area contributed by atoms with E-state index in [-0.39, 0.29) is 10.9 Å². The van der Waals surface area contributed by atoms with Gasteiger partial charge in [0.15, 0.2) is 0 Å². The summed E-state index contributed by atoms with van der Waals surface area (Å²) in [5.41, 5.74) is 0. The Morgan fingerprint density at radius 2 is 2.14 bits per heavy atom. The van der Waals surface area contributed by atoms with Crippen LogP contribution in [0, 0.1) is 0 Å². The number of rotatable bonds is 9. The van der Waals surface area contributed by atoms with Gasteiger partial charge in [-0.05, 0) is 53.8 Å². The second-order valence-electron chi connectivity index (χ2n) is 4.54. The minimum atomic E-state index is -3.59. The molecule has 21 heavy (non-hydrogen) atoms. The van der Waals surface area contributed by atoms with Crippen LogP contribution in [-0.2, 0) is 10.0 Å². The van der Waals surface area contributed by atoms with E-state index in [1.807, 2.05) is 13.8 Å². The van der Waals surface area contributed by atoms with Crippen LogP contribution in [0.2, 0.25) is 0 Å². The smallest absolute Gasteiger partial charge is 0.244 e. The van der Waals surface area contributed by atoms with Gasteiger partial charge in [0.1, 0.15) is 10.7 Å². The van der Waals surface area contributed by atoms with Crippen LogP contribution in [-0.4, -0.2) is 37.5 Å². The second-order valence-corrected chi connectivity index (χ2v) is 8.53. The van der Waals surface area contributed by atoms with E-state index in [2.05, 4.69) is 37.9 Å². The zero-order chi connectivity index (χ0) is 15.9. The lowest BCUT2D eigenvalue weighted by atomic mass is 10.3. The van der Waals surface area contributed by atoms with Gasteiger partial charge in [-0.25, -0.2) is 18.1 Å². The van der Waals surface area contributed by atoms with Gasteiger partial charge < -0.3 is 5.32 Å². The Kier molecular flexibility index (Phi) is 8.00. The molecule has 0 radical (unpaired) electrons. The minimum Gasteiger partial charge on any atom is -0.369 e. The first kappa shape index (κ1) is 18.7. The van der Waals surface area contributed by atoms with Crippen molar-refractivity contribution in [3.8, 4) is 0 Å². The maximum atomic E-state index is 12.5. The van der Waals surface area contributed by atoms with Crippen LogP contribution < -0.4 is 10.0 Å². The van der Waals surface area contributed by atoms with E-state index in [1.165, 1.54) is 0 Å². The molecule has 0 bridgehead atoms. The highest BCUT2D eigenvalue weighted by molar-refractivity contribution is 9.10. The molecule has 1 aromatic rings. The van der Waals surface area contributed by atoms with E-state index in [9.17, 15) is 8.42 Å². The molecule has 120 valence electrons. The fourth-order valence-corrected chi connectivity index (χ4v) is 4.45. The normalized spacial score (nSPS) is 13.1. The summed E-state index contributed by atoms with van der Waals surface area (Å²) in [5.74, 6) is 2.36. The van der Waals surface area contributed by atoms with Crippen molar-refractivity contribution < 1.29 is 8.42 Å². The van der Waals surface area contributed by atoms with Crippen molar-refractivity contribution in [2.75, 3.05) is 23.4 Å². The summed E-state index contributed by atoms with van der Waals surface area (Å²) in [6, 6.07) is 1.46. The molecule has 0 saturated heterocycles. The van der Waals surface area contributed by atoms with E-state index in [4.69, 9.17) is 0 Å². The number of halogens is 1. The predicted octanol–water partition coefficient (Wildman–Crippen LogP) is 3.09. The van der Waals surface area contributed by atoms with Gasteiger partial charge in [-0.1, -0.05) is 6.92 Å². The Bertz CT molecular complexity index is 552. The van der Waals surface area contributed by atoms with E-state index >= 15 is 0 Å². The number of hydrogen-bond donors (Lipinski definition) is 2. The SMILES string of the molecule is CCNc1ncc(Br)cc1S(=O)(=O)NC(C)CCSCC. The molecule has 0 aliphatic heterocycles. The lowest BCUT2D eigenvalue weighted by molar-refractivity contribution is 0.557. The molecule has 0 saturated carbocycles. The van der Waals surface area contributed by atoms with Gasteiger partial charge in [0, 0.05) is 23.3 Å². The van der Waals surface area contributed by atoms with Crippen LogP contribution >= 0.6 is 27.7 Å². The maximum absolute atomic E-state index is 12.5. The van der Waals surface area contributed by atoms with Gasteiger partial charge in [-0.15, -0.1) is 0 Å². The van der Waals surface area contributed by atoms with Crippen molar-refractivity contribution >= 4 is 43.5 Å². The Hall–Kier alpha value is -0.310. The molecular weight excluding hydrogens is 374 g/mol. The quantitative estimate of drug-likeness (QED) is 0.628. The third-order valence-corrected chi connectivity index (χ3v) is 5.68. The highest BCUT2D eigenvalue weighted by Crippen LogP contribution is 2.23. The molecule has 0 fully saturated rings. The highest BCUT2D eigenvalue weighted by atomic mass is 79.9. The zero-order valence-corrected chi connectivity index (χ0v) is 15.7. The van der Waals surface area contributed by atoms with Gasteiger partial charge in [0.25, 0.3) is 0 Å². The third kappa shape index (κ3) is 6.14. The first-order valence-corrected chi connectivity index (χ1v) is 10.3. The second kappa shape index (κ2) is 8.97. The van der Waals surface area contributed by atoms with Gasteiger partial charge in [0.2, 0.25) is 10.0 Å². The fourth-order valence-electron chi connectivity index (χ4n) is 1.72. The van der Waals surface area contributed by atoms with Crippen molar-refractivity contribution in [1.29, 1.82) is 0 Å². The number of nitrogens with one attached hydrogen (secondary N) is 2. The van der Waals surface area contributed by atoms with Crippen LogP contribution in [0.25, 0.3) is 0 Å². The Morgan fingerprint density at radius 1 is 1.43 bits per heavy atom. The molecule has 1 aromatic heterocycles. The molecule has 1 heterocycles. The number of sulfonamides is 1. The van der Waals surface area contributed by atoms with Crippen molar-refractivity contribution in [3.63, 3.8) is 0 Å². The number of anilines is 1. The molecule has 1 rings (SSSR count). The van der Waals surface area contributed by atoms with Gasteiger partial charge in [-0.2, -0.15) is 11.8 Å². The Balaban J connectivity index is 2.89. The van der Waals surface area contributed by atoms with E-state index < -0.39 is 10.0 Å². The summed E-state index contributed by atoms with van der Waals surface area (Å²) >= 11 is 5.08. The summed E-state index contributed by atoms with van der Waals surface area (Å²) in [4.78, 5) is 4.31. The molecule has 2 N–H and O–H groups in total. The fraction of sp³-hybridized carbons (Fsp3) is 0.615. The Morgan fingerprint density at radius 3 is 2.76 bits per heavy atom. The molecule has 5 nitrogen and oxygen atoms in total. The lowest BCUT2D eigenvalue weighted by Crippen LogP contribution is -2.33. The zero-order valence-electron chi connectivity index (χ0n) is 12.5. The molecular formula is C13H22BrN3O2S2. The maximum Gasteiger partial charge on any atom is 0.244 e. The molecule has 0 aliphatic rings. The van der Waals surface area contributed by atoms with Crippen LogP contribution in [0.4, 0.5) is 5.82 Å². The van der Waals surface area contributed by atoms with Crippen LogP contribution in [0.3, 0.4) is 0 Å². The van der Waals surface area contributed by atoms with E-state index in [0.717, 1.165) is 17.9 Å². The van der Waals surface area contributed by atoms with Gasteiger partial charge >= 0.3 is 0 Å². The molecule has 1 unspecified atom stereocenters. The monoisotopic (exact) mass is 395 g/mol. The molecule has 8 heteroatoms. The number of thioether (sulfide) groups is 1. The number of pyridine rings is 1. The highest BCUT2D eigenvalue weighted by Gasteiger charge is 2.22. The van der Waals surface area contributed by atoms with Crippen molar-refractivity contribution in [2.45, 2.75) is 38.1 Å². The third-order valence-electron chi connectivity index (χ3n) is 2.71. The van der Waals surface area contributed by atoms with Gasteiger partial charge in [0.05, 0.1) is 0 Å². The van der Waals surface area contributed by atoms with Crippen molar-refractivity contribution in [1.82, 2.24) is 9.71 Å². The standard InChI is InChI=1S/C13H22BrN3O2S2/c1-4-15-13-12(8-11(14)9-16-13)21(18,19)17-10(3)6-7-20-5-2/h8-10,17H,4-7H2,1-3H3,(H,15,16).